The standard InChI is InChI=1S/C4H10N2.C2H7NO5P2/c1-2-6-4-3-5-1;1-3(2)10(6,7)8-9(4)5/h5-6H,1-4H2;1-2H3,(H-,4,5,6,7)/p+1. The molecule has 16 heavy (non-hydrogen) atoms. The third-order valence-corrected chi connectivity index (χ3v) is 4.06. The molecule has 1 fully saturated rings. The van der Waals surface area contributed by atoms with Gasteiger partial charge >= 0.3 is 16.0 Å². The first-order valence-corrected chi connectivity index (χ1v) is 7.30. The van der Waals surface area contributed by atoms with Crippen molar-refractivity contribution >= 4 is 16.0 Å². The summed E-state index contributed by atoms with van der Waals surface area (Å²) in [6.45, 7) is 4.56. The molecule has 4 N–H and O–H groups in total. The lowest BCUT2D eigenvalue weighted by Gasteiger charge is -2.11. The van der Waals surface area contributed by atoms with Crippen LogP contribution in [0.15, 0.2) is 0 Å². The first-order valence-electron chi connectivity index (χ1n) is 4.64. The van der Waals surface area contributed by atoms with Crippen LogP contribution in [0.25, 0.3) is 0 Å². The fourth-order valence-electron chi connectivity index (χ4n) is 0.768. The lowest BCUT2D eigenvalue weighted by Crippen LogP contribution is -2.39. The summed E-state index contributed by atoms with van der Waals surface area (Å²) in [5, 5.41) is 6.44. The van der Waals surface area contributed by atoms with Gasteiger partial charge in [-0.2, -0.15) is 0 Å². The predicted octanol–water partition coefficient (Wildman–Crippen LogP) is -0.506. The molecule has 8 nitrogen and oxygen atoms in total. The number of piperazine rings is 1. The molecular formula is C6H18N3O5P2+. The largest absolute Gasteiger partial charge is 0.704 e. The van der Waals surface area contributed by atoms with E-state index in [9.17, 15) is 9.13 Å². The van der Waals surface area contributed by atoms with E-state index < -0.39 is 16.0 Å². The molecule has 2 unspecified atom stereocenters. The van der Waals surface area contributed by atoms with Gasteiger partial charge in [0.05, 0.1) is 0 Å². The molecule has 0 aromatic carbocycles. The van der Waals surface area contributed by atoms with Gasteiger partial charge in [0.15, 0.2) is 0 Å². The fourth-order valence-corrected chi connectivity index (χ4v) is 2.08. The Kier molecular flexibility index (Phi) is 8.27. The zero-order valence-corrected chi connectivity index (χ0v) is 11.1. The smallest absolute Gasteiger partial charge is 0.314 e. The van der Waals surface area contributed by atoms with Crippen LogP contribution in [0.2, 0.25) is 0 Å². The van der Waals surface area contributed by atoms with Crippen molar-refractivity contribution in [2.24, 2.45) is 0 Å². The summed E-state index contributed by atoms with van der Waals surface area (Å²) in [6.07, 6.45) is 0. The van der Waals surface area contributed by atoms with Gasteiger partial charge in [0.1, 0.15) is 0 Å². The molecule has 96 valence electrons. The third-order valence-electron chi connectivity index (χ3n) is 1.64. The molecular weight excluding hydrogens is 256 g/mol. The van der Waals surface area contributed by atoms with Gasteiger partial charge in [0.2, 0.25) is 0 Å². The van der Waals surface area contributed by atoms with E-state index in [1.807, 2.05) is 0 Å². The molecule has 1 rings (SSSR count). The van der Waals surface area contributed by atoms with Crippen molar-refractivity contribution in [3.8, 4) is 0 Å². The van der Waals surface area contributed by atoms with Crippen molar-refractivity contribution in [1.82, 2.24) is 15.3 Å². The van der Waals surface area contributed by atoms with Crippen molar-refractivity contribution in [3.63, 3.8) is 0 Å². The number of hydrogen-bond donors (Lipinski definition) is 4. The van der Waals surface area contributed by atoms with E-state index >= 15 is 0 Å². The molecule has 0 aliphatic carbocycles. The minimum atomic E-state index is -4.02. The maximum absolute atomic E-state index is 10.6. The molecule has 0 aromatic heterocycles. The van der Waals surface area contributed by atoms with Crippen molar-refractivity contribution < 1.29 is 23.2 Å². The topological polar surface area (TPSA) is 111 Å². The van der Waals surface area contributed by atoms with Crippen molar-refractivity contribution in [2.45, 2.75) is 0 Å². The molecule has 0 amide bonds. The van der Waals surface area contributed by atoms with Crippen molar-refractivity contribution in [1.29, 1.82) is 0 Å². The number of nitrogens with zero attached hydrogens (tertiary/aromatic N) is 1. The van der Waals surface area contributed by atoms with Crippen molar-refractivity contribution in [2.75, 3.05) is 40.3 Å². The van der Waals surface area contributed by atoms with E-state index in [1.54, 1.807) is 0 Å². The molecule has 10 heteroatoms. The first-order chi connectivity index (χ1) is 7.36. The van der Waals surface area contributed by atoms with Gasteiger partial charge in [0, 0.05) is 30.7 Å². The monoisotopic (exact) mass is 274 g/mol. The Bertz CT molecular complexity index is 247. The van der Waals surface area contributed by atoms with Crippen LogP contribution in [0.5, 0.6) is 0 Å². The van der Waals surface area contributed by atoms with E-state index in [1.165, 1.54) is 14.1 Å². The van der Waals surface area contributed by atoms with Gasteiger partial charge in [-0.15, -0.1) is 4.89 Å². The molecule has 2 atom stereocenters. The molecule has 1 aliphatic rings. The Morgan fingerprint density at radius 2 is 1.62 bits per heavy atom. The quantitative estimate of drug-likeness (QED) is 0.509. The summed E-state index contributed by atoms with van der Waals surface area (Å²) in [6, 6.07) is 0. The lowest BCUT2D eigenvalue weighted by molar-refractivity contribution is 0.303. The predicted molar refractivity (Wildman–Crippen MR) is 60.2 cm³/mol. The lowest BCUT2D eigenvalue weighted by atomic mass is 10.4. The normalized spacial score (nSPS) is 20.7. The van der Waals surface area contributed by atoms with Crippen LogP contribution < -0.4 is 10.6 Å². The molecule has 1 aliphatic heterocycles. The number of nitrogens with one attached hydrogen (secondary N) is 2. The number of hydrogen-bond acceptors (Lipinski definition) is 5. The van der Waals surface area contributed by atoms with Crippen LogP contribution >= 0.6 is 16.0 Å². The van der Waals surface area contributed by atoms with E-state index in [-0.39, 0.29) is 0 Å². The third kappa shape index (κ3) is 8.27. The SMILES string of the molecule is C1CNCCN1.CN(C)P(=O)(O)O[P+](=O)O. The summed E-state index contributed by atoms with van der Waals surface area (Å²) in [5.41, 5.74) is 0. The average Bonchev–Trinajstić information content (AvgIpc) is 2.19. The molecule has 0 spiro atoms. The Balaban J connectivity index is 0.000000315. The maximum Gasteiger partial charge on any atom is 0.704 e. The minimum Gasteiger partial charge on any atom is -0.314 e. The summed E-state index contributed by atoms with van der Waals surface area (Å²) in [7, 11) is -4.52. The second-order valence-corrected chi connectivity index (χ2v) is 6.07. The summed E-state index contributed by atoms with van der Waals surface area (Å²) in [5.74, 6) is 0. The fraction of sp³-hybridized carbons (Fsp3) is 1.00. The molecule has 1 heterocycles. The molecule has 1 saturated heterocycles. The Morgan fingerprint density at radius 3 is 1.75 bits per heavy atom. The highest BCUT2D eigenvalue weighted by Crippen LogP contribution is 2.50. The van der Waals surface area contributed by atoms with Gasteiger partial charge in [-0.3, -0.25) is 0 Å². The van der Waals surface area contributed by atoms with Gasteiger partial charge < -0.3 is 15.5 Å². The Labute approximate surface area is 95.5 Å². The molecule has 0 saturated carbocycles. The van der Waals surface area contributed by atoms with Gasteiger partial charge in [-0.1, -0.05) is 0 Å². The summed E-state index contributed by atoms with van der Waals surface area (Å²) >= 11 is 0. The van der Waals surface area contributed by atoms with Crippen LogP contribution in [-0.4, -0.2) is 54.7 Å². The van der Waals surface area contributed by atoms with E-state index in [0.717, 1.165) is 30.8 Å². The maximum atomic E-state index is 10.6. The van der Waals surface area contributed by atoms with Crippen LogP contribution in [0.4, 0.5) is 0 Å². The van der Waals surface area contributed by atoms with E-state index in [2.05, 4.69) is 14.9 Å². The second-order valence-electron chi connectivity index (χ2n) is 3.16. The summed E-state index contributed by atoms with van der Waals surface area (Å²) < 4.78 is 25.2. The van der Waals surface area contributed by atoms with Crippen LogP contribution in [0.3, 0.4) is 0 Å². The zero-order chi connectivity index (χ0) is 12.6. The van der Waals surface area contributed by atoms with E-state index in [4.69, 9.17) is 9.79 Å². The first kappa shape index (κ1) is 16.1. The van der Waals surface area contributed by atoms with Crippen LogP contribution in [-0.2, 0) is 13.4 Å². The summed E-state index contributed by atoms with van der Waals surface area (Å²) in [4.78, 5) is 16.7. The molecule has 0 bridgehead atoms. The second kappa shape index (κ2) is 8.22. The number of rotatable bonds is 3. The van der Waals surface area contributed by atoms with Gasteiger partial charge in [-0.05, 0) is 18.4 Å². The zero-order valence-electron chi connectivity index (χ0n) is 9.29. The molecule has 0 aromatic rings. The van der Waals surface area contributed by atoms with Crippen LogP contribution in [0, 0.1) is 0 Å². The van der Waals surface area contributed by atoms with E-state index in [0.29, 0.717) is 0 Å². The average molecular weight is 274 g/mol. The van der Waals surface area contributed by atoms with Crippen LogP contribution in [0.1, 0.15) is 0 Å². The Morgan fingerprint density at radius 1 is 1.25 bits per heavy atom. The highest BCUT2D eigenvalue weighted by molar-refractivity contribution is 7.57. The minimum absolute atomic E-state index is 0.830. The Hall–Kier alpha value is 0.0900. The van der Waals surface area contributed by atoms with Gasteiger partial charge in [-0.25, -0.2) is 9.24 Å². The van der Waals surface area contributed by atoms with Gasteiger partial charge in [0.25, 0.3) is 0 Å². The van der Waals surface area contributed by atoms with Crippen molar-refractivity contribution in [3.05, 3.63) is 0 Å². The molecule has 0 radical (unpaired) electrons. The highest BCUT2D eigenvalue weighted by atomic mass is 31.2. The highest BCUT2D eigenvalue weighted by Gasteiger charge is 2.35.